The van der Waals surface area contributed by atoms with E-state index in [-0.39, 0.29) is 0 Å². The summed E-state index contributed by atoms with van der Waals surface area (Å²) >= 11 is 0. The normalized spacial score (nSPS) is 15.2. The fraction of sp³-hybridized carbons (Fsp3) is 0.533. The number of furan rings is 1. The van der Waals surface area contributed by atoms with Crippen molar-refractivity contribution in [3.8, 4) is 0 Å². The van der Waals surface area contributed by atoms with Crippen molar-refractivity contribution in [2.75, 3.05) is 7.05 Å². The Labute approximate surface area is 119 Å². The van der Waals surface area contributed by atoms with Gasteiger partial charge in [-0.25, -0.2) is 0 Å². The molecule has 108 valence electrons. The highest BCUT2D eigenvalue weighted by molar-refractivity contribution is 5.17. The lowest BCUT2D eigenvalue weighted by Crippen LogP contribution is -2.20. The molecular weight excluding hydrogens is 252 g/mol. The van der Waals surface area contributed by atoms with Crippen molar-refractivity contribution in [1.82, 2.24) is 20.0 Å². The molecule has 1 aliphatic carbocycles. The fourth-order valence-corrected chi connectivity index (χ4v) is 2.37. The summed E-state index contributed by atoms with van der Waals surface area (Å²) in [4.78, 5) is 2.25. The van der Waals surface area contributed by atoms with Gasteiger partial charge in [0.05, 0.1) is 19.0 Å². The van der Waals surface area contributed by atoms with Crippen LogP contribution in [0.5, 0.6) is 0 Å². The number of hydrogen-bond donors (Lipinski definition) is 1. The van der Waals surface area contributed by atoms with Gasteiger partial charge >= 0.3 is 0 Å². The molecule has 5 heteroatoms. The van der Waals surface area contributed by atoms with Crippen LogP contribution in [0.25, 0.3) is 0 Å². The highest BCUT2D eigenvalue weighted by atomic mass is 16.3. The Morgan fingerprint density at radius 2 is 2.30 bits per heavy atom. The number of rotatable bonds is 7. The van der Waals surface area contributed by atoms with Gasteiger partial charge in [-0.15, -0.1) is 0 Å². The van der Waals surface area contributed by atoms with Crippen LogP contribution in [0.4, 0.5) is 0 Å². The van der Waals surface area contributed by atoms with Gasteiger partial charge in [0.15, 0.2) is 0 Å². The molecule has 0 amide bonds. The van der Waals surface area contributed by atoms with Crippen molar-refractivity contribution in [2.45, 2.75) is 38.5 Å². The van der Waals surface area contributed by atoms with Crippen LogP contribution in [-0.4, -0.2) is 27.8 Å². The summed E-state index contributed by atoms with van der Waals surface area (Å²) in [7, 11) is 4.05. The smallest absolute Gasteiger partial charge is 0.122 e. The average molecular weight is 274 g/mol. The van der Waals surface area contributed by atoms with E-state index in [0.29, 0.717) is 0 Å². The molecule has 20 heavy (non-hydrogen) atoms. The predicted octanol–water partition coefficient (Wildman–Crippen LogP) is 1.90. The summed E-state index contributed by atoms with van der Waals surface area (Å²) in [5.74, 6) is 1.06. The molecule has 0 spiro atoms. The quantitative estimate of drug-likeness (QED) is 0.837. The molecule has 0 aliphatic heterocycles. The molecule has 0 atom stereocenters. The maximum absolute atomic E-state index is 5.63. The molecule has 2 aromatic heterocycles. The number of aromatic nitrogens is 2. The van der Waals surface area contributed by atoms with Gasteiger partial charge in [-0.05, 0) is 26.0 Å². The van der Waals surface area contributed by atoms with Crippen molar-refractivity contribution >= 4 is 0 Å². The van der Waals surface area contributed by atoms with Crippen LogP contribution < -0.4 is 5.32 Å². The highest BCUT2D eigenvalue weighted by Crippen LogP contribution is 2.21. The van der Waals surface area contributed by atoms with Gasteiger partial charge in [-0.2, -0.15) is 5.10 Å². The van der Waals surface area contributed by atoms with Gasteiger partial charge in [-0.3, -0.25) is 9.58 Å². The van der Waals surface area contributed by atoms with E-state index < -0.39 is 0 Å². The highest BCUT2D eigenvalue weighted by Gasteiger charge is 2.21. The Morgan fingerprint density at radius 3 is 3.00 bits per heavy atom. The summed E-state index contributed by atoms with van der Waals surface area (Å²) < 4.78 is 7.46. The molecule has 0 saturated heterocycles. The molecule has 1 saturated carbocycles. The second-order valence-corrected chi connectivity index (χ2v) is 5.72. The molecule has 3 rings (SSSR count). The van der Waals surface area contributed by atoms with Gasteiger partial charge in [0.2, 0.25) is 0 Å². The summed E-state index contributed by atoms with van der Waals surface area (Å²) in [5, 5.41) is 7.73. The first-order valence-electron chi connectivity index (χ1n) is 7.15. The Bertz CT molecular complexity index is 556. The number of nitrogens with zero attached hydrogens (tertiary/aromatic N) is 3. The van der Waals surface area contributed by atoms with E-state index >= 15 is 0 Å². The molecule has 1 fully saturated rings. The van der Waals surface area contributed by atoms with E-state index in [1.54, 1.807) is 6.26 Å². The fourth-order valence-electron chi connectivity index (χ4n) is 2.37. The van der Waals surface area contributed by atoms with Crippen molar-refractivity contribution in [2.24, 2.45) is 7.05 Å². The maximum Gasteiger partial charge on any atom is 0.122 e. The van der Waals surface area contributed by atoms with Crippen LogP contribution in [0.3, 0.4) is 0 Å². The Kier molecular flexibility index (Phi) is 3.89. The third-order valence-corrected chi connectivity index (χ3v) is 3.62. The number of aryl methyl sites for hydroxylation is 1. The molecule has 0 aromatic carbocycles. The Balaban J connectivity index is 1.54. The molecule has 1 aliphatic rings. The van der Waals surface area contributed by atoms with Crippen LogP contribution in [0.2, 0.25) is 0 Å². The summed E-state index contributed by atoms with van der Waals surface area (Å²) in [5.41, 5.74) is 2.49. The molecule has 0 radical (unpaired) electrons. The van der Waals surface area contributed by atoms with Crippen molar-refractivity contribution < 1.29 is 4.42 Å². The number of hydrogen-bond acceptors (Lipinski definition) is 4. The zero-order chi connectivity index (χ0) is 13.9. The van der Waals surface area contributed by atoms with E-state index in [9.17, 15) is 0 Å². The Hall–Kier alpha value is -1.59. The maximum atomic E-state index is 5.63. The van der Waals surface area contributed by atoms with Crippen LogP contribution in [0.15, 0.2) is 29.1 Å². The van der Waals surface area contributed by atoms with Crippen molar-refractivity contribution in [3.05, 3.63) is 41.6 Å². The van der Waals surface area contributed by atoms with Gasteiger partial charge in [0, 0.05) is 43.5 Å². The van der Waals surface area contributed by atoms with Gasteiger partial charge < -0.3 is 9.73 Å². The van der Waals surface area contributed by atoms with E-state index in [4.69, 9.17) is 4.42 Å². The molecule has 5 nitrogen and oxygen atoms in total. The van der Waals surface area contributed by atoms with Crippen molar-refractivity contribution in [3.63, 3.8) is 0 Å². The van der Waals surface area contributed by atoms with Gasteiger partial charge in [0.25, 0.3) is 0 Å². The molecule has 2 heterocycles. The Morgan fingerprint density at radius 1 is 1.45 bits per heavy atom. The summed E-state index contributed by atoms with van der Waals surface area (Å²) in [6, 6.07) is 2.80. The zero-order valence-electron chi connectivity index (χ0n) is 12.2. The minimum Gasteiger partial charge on any atom is -0.468 e. The SMILES string of the molecule is CN(Cc1cnn(C)c1)Cc1occc1CNC1CC1. The second-order valence-electron chi connectivity index (χ2n) is 5.72. The van der Waals surface area contributed by atoms with Crippen LogP contribution in [0, 0.1) is 0 Å². The summed E-state index contributed by atoms with van der Waals surface area (Å²) in [6.45, 7) is 2.62. The third-order valence-electron chi connectivity index (χ3n) is 3.62. The largest absolute Gasteiger partial charge is 0.468 e. The lowest BCUT2D eigenvalue weighted by Gasteiger charge is -2.15. The average Bonchev–Trinajstić information content (AvgIpc) is 3.01. The standard InChI is InChI=1S/C15H22N4O/c1-18(9-12-7-17-19(2)10-12)11-15-13(5-6-20-15)8-16-14-3-4-14/h5-7,10,14,16H,3-4,8-9,11H2,1-2H3. The van der Waals surface area contributed by atoms with Gasteiger partial charge in [0.1, 0.15) is 5.76 Å². The van der Waals surface area contributed by atoms with Crippen LogP contribution in [-0.2, 0) is 26.7 Å². The minimum absolute atomic E-state index is 0.728. The van der Waals surface area contributed by atoms with E-state index in [1.807, 2.05) is 24.1 Å². The van der Waals surface area contributed by atoms with E-state index in [2.05, 4.69) is 28.4 Å². The molecule has 2 aromatic rings. The van der Waals surface area contributed by atoms with E-state index in [1.165, 1.54) is 24.0 Å². The third kappa shape index (κ3) is 3.49. The molecule has 1 N–H and O–H groups in total. The molecular formula is C15H22N4O. The van der Waals surface area contributed by atoms with Crippen LogP contribution >= 0.6 is 0 Å². The molecule has 0 unspecified atom stereocenters. The molecule has 0 bridgehead atoms. The predicted molar refractivity (Wildman–Crippen MR) is 76.9 cm³/mol. The van der Waals surface area contributed by atoms with Crippen LogP contribution in [0.1, 0.15) is 29.7 Å². The van der Waals surface area contributed by atoms with Crippen molar-refractivity contribution in [1.29, 1.82) is 0 Å². The van der Waals surface area contributed by atoms with Gasteiger partial charge in [-0.1, -0.05) is 0 Å². The first kappa shape index (κ1) is 13.4. The minimum atomic E-state index is 0.728. The first-order valence-corrected chi connectivity index (χ1v) is 7.15. The van der Waals surface area contributed by atoms with E-state index in [0.717, 1.165) is 31.4 Å². The lowest BCUT2D eigenvalue weighted by atomic mass is 10.2. The zero-order valence-corrected chi connectivity index (χ0v) is 12.2. The first-order chi connectivity index (χ1) is 9.70. The number of nitrogens with one attached hydrogen (secondary N) is 1. The lowest BCUT2D eigenvalue weighted by molar-refractivity contribution is 0.285. The topological polar surface area (TPSA) is 46.2 Å². The monoisotopic (exact) mass is 274 g/mol. The summed E-state index contributed by atoms with van der Waals surface area (Å²) in [6.07, 6.45) is 8.38. The second kappa shape index (κ2) is 5.81.